The summed E-state index contributed by atoms with van der Waals surface area (Å²) in [6, 6.07) is 5.17. The van der Waals surface area contributed by atoms with Gasteiger partial charge in [-0.15, -0.1) is 0 Å². The van der Waals surface area contributed by atoms with E-state index in [1.54, 1.807) is 19.1 Å². The normalized spacial score (nSPS) is 21.8. The number of pyridine rings is 1. The maximum Gasteiger partial charge on any atom is 0.269 e. The van der Waals surface area contributed by atoms with Crippen LogP contribution in [0.2, 0.25) is 0 Å². The molecule has 2 N–H and O–H groups in total. The molecule has 0 saturated heterocycles. The van der Waals surface area contributed by atoms with Crippen LogP contribution >= 0.6 is 0 Å². The number of nitrogens with zero attached hydrogens (tertiary/aromatic N) is 2. The Balaban J connectivity index is 1.93. The van der Waals surface area contributed by atoms with Crippen molar-refractivity contribution in [3.63, 3.8) is 0 Å². The fraction of sp³-hybridized carbons (Fsp3) is 0.462. The number of amides is 1. The zero-order valence-electron chi connectivity index (χ0n) is 10.2. The molecule has 1 heterocycles. The summed E-state index contributed by atoms with van der Waals surface area (Å²) >= 11 is 0. The summed E-state index contributed by atoms with van der Waals surface area (Å²) in [5.41, 5.74) is 1.37. The quantitative estimate of drug-likeness (QED) is 0.823. The van der Waals surface area contributed by atoms with Crippen LogP contribution in [0.4, 0.5) is 0 Å². The smallest absolute Gasteiger partial charge is 0.269 e. The van der Waals surface area contributed by atoms with Crippen molar-refractivity contribution in [1.82, 2.24) is 10.3 Å². The van der Waals surface area contributed by atoms with Gasteiger partial charge in [-0.3, -0.25) is 4.79 Å². The number of hydrogen-bond acceptors (Lipinski definition) is 4. The van der Waals surface area contributed by atoms with Gasteiger partial charge in [0, 0.05) is 6.54 Å². The lowest BCUT2D eigenvalue weighted by Crippen LogP contribution is -2.38. The van der Waals surface area contributed by atoms with E-state index in [1.165, 1.54) is 0 Å². The first-order chi connectivity index (χ1) is 8.60. The zero-order valence-corrected chi connectivity index (χ0v) is 10.2. The second-order valence-corrected chi connectivity index (χ2v) is 4.64. The van der Waals surface area contributed by atoms with Gasteiger partial charge < -0.3 is 10.4 Å². The lowest BCUT2D eigenvalue weighted by molar-refractivity contribution is 0.0419. The number of aryl methyl sites for hydroxylation is 1. The first-order valence-corrected chi connectivity index (χ1v) is 5.94. The van der Waals surface area contributed by atoms with Crippen molar-refractivity contribution >= 4 is 5.91 Å². The van der Waals surface area contributed by atoms with E-state index < -0.39 is 0 Å². The van der Waals surface area contributed by atoms with Crippen molar-refractivity contribution in [2.24, 2.45) is 5.92 Å². The van der Waals surface area contributed by atoms with Gasteiger partial charge in [0.1, 0.15) is 11.8 Å². The molecule has 0 atom stereocenters. The number of aromatic nitrogens is 1. The van der Waals surface area contributed by atoms with Gasteiger partial charge in [0.05, 0.1) is 17.4 Å². The van der Waals surface area contributed by atoms with Crippen LogP contribution in [0.25, 0.3) is 0 Å². The average Bonchev–Trinajstić information content (AvgIpc) is 2.32. The summed E-state index contributed by atoms with van der Waals surface area (Å²) in [6.07, 6.45) is 1.29. The van der Waals surface area contributed by atoms with E-state index in [9.17, 15) is 4.79 Å². The highest BCUT2D eigenvalue weighted by Gasteiger charge is 2.27. The predicted molar refractivity (Wildman–Crippen MR) is 64.8 cm³/mol. The topological polar surface area (TPSA) is 86.0 Å². The minimum absolute atomic E-state index is 0.206. The molecule has 5 heteroatoms. The zero-order chi connectivity index (χ0) is 13.1. The van der Waals surface area contributed by atoms with Crippen LogP contribution in [0, 0.1) is 24.2 Å². The Hall–Kier alpha value is -1.93. The minimum Gasteiger partial charge on any atom is -0.393 e. The lowest BCUT2D eigenvalue weighted by atomic mass is 9.82. The van der Waals surface area contributed by atoms with Crippen molar-refractivity contribution < 1.29 is 9.90 Å². The second-order valence-electron chi connectivity index (χ2n) is 4.64. The van der Waals surface area contributed by atoms with Crippen LogP contribution < -0.4 is 5.32 Å². The molecule has 1 aromatic heterocycles. The van der Waals surface area contributed by atoms with Gasteiger partial charge in [0.25, 0.3) is 5.91 Å². The number of rotatable bonds is 3. The molecular weight excluding hydrogens is 230 g/mol. The summed E-state index contributed by atoms with van der Waals surface area (Å²) in [6.45, 7) is 2.27. The van der Waals surface area contributed by atoms with Gasteiger partial charge in [0.15, 0.2) is 0 Å². The first kappa shape index (κ1) is 12.5. The molecule has 1 aliphatic carbocycles. The molecule has 1 fully saturated rings. The molecule has 0 bridgehead atoms. The van der Waals surface area contributed by atoms with E-state index >= 15 is 0 Å². The average molecular weight is 245 g/mol. The molecule has 0 spiro atoms. The lowest BCUT2D eigenvalue weighted by Gasteiger charge is -2.31. The molecule has 1 amide bonds. The maximum absolute atomic E-state index is 11.8. The fourth-order valence-corrected chi connectivity index (χ4v) is 2.00. The molecule has 0 radical (unpaired) electrons. The van der Waals surface area contributed by atoms with E-state index in [-0.39, 0.29) is 12.0 Å². The molecule has 18 heavy (non-hydrogen) atoms. The fourth-order valence-electron chi connectivity index (χ4n) is 2.00. The highest BCUT2D eigenvalue weighted by atomic mass is 16.3. The molecule has 5 nitrogen and oxygen atoms in total. The monoisotopic (exact) mass is 245 g/mol. The standard InChI is InChI=1S/C13H15N3O2/c1-8-10(6-14)2-3-12(16-8)13(18)15-7-9-4-11(17)5-9/h2-3,9,11,17H,4-5,7H2,1H3,(H,15,18). The summed E-state index contributed by atoms with van der Waals surface area (Å²) in [4.78, 5) is 15.9. The van der Waals surface area contributed by atoms with Crippen molar-refractivity contribution in [1.29, 1.82) is 5.26 Å². The molecule has 1 saturated carbocycles. The van der Waals surface area contributed by atoms with Crippen LogP contribution in [-0.2, 0) is 0 Å². The Labute approximate surface area is 105 Å². The molecule has 94 valence electrons. The Morgan fingerprint density at radius 3 is 2.89 bits per heavy atom. The van der Waals surface area contributed by atoms with E-state index in [4.69, 9.17) is 10.4 Å². The third kappa shape index (κ3) is 2.66. The highest BCUT2D eigenvalue weighted by Crippen LogP contribution is 2.26. The van der Waals surface area contributed by atoms with E-state index in [1.807, 2.05) is 6.07 Å². The van der Waals surface area contributed by atoms with Gasteiger partial charge in [-0.05, 0) is 37.8 Å². The second kappa shape index (κ2) is 5.15. The summed E-state index contributed by atoms with van der Waals surface area (Å²) in [7, 11) is 0. The predicted octanol–water partition coefficient (Wildman–Crippen LogP) is 0.762. The van der Waals surface area contributed by atoms with Gasteiger partial charge in [0.2, 0.25) is 0 Å². The Kier molecular flexibility index (Phi) is 3.58. The van der Waals surface area contributed by atoms with Gasteiger partial charge >= 0.3 is 0 Å². The number of carbonyl (C=O) groups excluding carboxylic acids is 1. The number of hydrogen-bond donors (Lipinski definition) is 2. The number of aliphatic hydroxyl groups excluding tert-OH is 1. The molecular formula is C13H15N3O2. The largest absolute Gasteiger partial charge is 0.393 e. The van der Waals surface area contributed by atoms with Crippen molar-refractivity contribution in [2.75, 3.05) is 6.54 Å². The van der Waals surface area contributed by atoms with Crippen molar-refractivity contribution in [3.05, 3.63) is 29.1 Å². The number of aliphatic hydroxyl groups is 1. The van der Waals surface area contributed by atoms with Crippen LogP contribution in [0.1, 0.15) is 34.6 Å². The number of nitrogens with one attached hydrogen (secondary N) is 1. The Morgan fingerprint density at radius 1 is 1.61 bits per heavy atom. The van der Waals surface area contributed by atoms with E-state index in [0.717, 1.165) is 12.8 Å². The number of carbonyl (C=O) groups is 1. The van der Waals surface area contributed by atoms with Gasteiger partial charge in [-0.25, -0.2) is 4.98 Å². The van der Waals surface area contributed by atoms with Crippen LogP contribution in [0.3, 0.4) is 0 Å². The van der Waals surface area contributed by atoms with Crippen molar-refractivity contribution in [2.45, 2.75) is 25.9 Å². The van der Waals surface area contributed by atoms with Crippen LogP contribution in [-0.4, -0.2) is 28.6 Å². The third-order valence-corrected chi connectivity index (χ3v) is 3.20. The molecule has 1 aliphatic rings. The van der Waals surface area contributed by atoms with Crippen LogP contribution in [0.5, 0.6) is 0 Å². The summed E-state index contributed by atoms with van der Waals surface area (Å²) < 4.78 is 0. The molecule has 2 rings (SSSR count). The van der Waals surface area contributed by atoms with E-state index in [2.05, 4.69) is 10.3 Å². The molecule has 0 unspecified atom stereocenters. The Bertz CT molecular complexity index is 501. The van der Waals surface area contributed by atoms with Gasteiger partial charge in [-0.2, -0.15) is 5.26 Å². The van der Waals surface area contributed by atoms with E-state index in [0.29, 0.717) is 29.4 Å². The molecule has 0 aromatic carbocycles. The third-order valence-electron chi connectivity index (χ3n) is 3.20. The maximum atomic E-state index is 11.8. The van der Waals surface area contributed by atoms with Gasteiger partial charge in [-0.1, -0.05) is 0 Å². The summed E-state index contributed by atoms with van der Waals surface area (Å²) in [5, 5.41) is 20.7. The SMILES string of the molecule is Cc1nc(C(=O)NCC2CC(O)C2)ccc1C#N. The minimum atomic E-state index is -0.232. The summed E-state index contributed by atoms with van der Waals surface area (Å²) in [5.74, 6) is 0.132. The highest BCUT2D eigenvalue weighted by molar-refractivity contribution is 5.92. The van der Waals surface area contributed by atoms with Crippen molar-refractivity contribution in [3.8, 4) is 6.07 Å². The Morgan fingerprint density at radius 2 is 2.33 bits per heavy atom. The first-order valence-electron chi connectivity index (χ1n) is 5.94. The molecule has 0 aliphatic heterocycles. The molecule has 1 aromatic rings. The number of nitriles is 1. The van der Waals surface area contributed by atoms with Crippen LogP contribution in [0.15, 0.2) is 12.1 Å².